The third-order valence-electron chi connectivity index (χ3n) is 1.31. The Morgan fingerprint density at radius 2 is 2.27 bits per heavy atom. The van der Waals surface area contributed by atoms with Gasteiger partial charge in [0, 0.05) is 12.3 Å². The summed E-state index contributed by atoms with van der Waals surface area (Å²) in [5, 5.41) is 0. The summed E-state index contributed by atoms with van der Waals surface area (Å²) in [4.78, 5) is 7.99. The van der Waals surface area contributed by atoms with E-state index in [9.17, 15) is 0 Å². The molecule has 0 fully saturated rings. The third kappa shape index (κ3) is 1.12. The van der Waals surface area contributed by atoms with Gasteiger partial charge in [0.2, 0.25) is 0 Å². The Hall–Kier alpha value is -1.64. The fourth-order valence-corrected chi connectivity index (χ4v) is 0.810. The van der Waals surface area contributed by atoms with E-state index in [4.69, 9.17) is 4.42 Å². The summed E-state index contributed by atoms with van der Waals surface area (Å²) in [6, 6.07) is 6.45. The van der Waals surface area contributed by atoms with Gasteiger partial charge >= 0.3 is 0 Å². The van der Waals surface area contributed by atoms with E-state index in [0.29, 0.717) is 0 Å². The molecule has 1 radical (unpaired) electrons. The molecule has 0 N–H and O–H groups in total. The zero-order valence-corrected chi connectivity index (χ0v) is 5.69. The topological polar surface area (TPSA) is 38.9 Å². The maximum Gasteiger partial charge on any atom is 0.181 e. The van der Waals surface area contributed by atoms with E-state index in [0.717, 1.165) is 11.4 Å². The molecule has 2 aromatic heterocycles. The van der Waals surface area contributed by atoms with Crippen molar-refractivity contribution in [2.24, 2.45) is 0 Å². The fraction of sp³-hybridized carbons (Fsp3) is 0. The Labute approximate surface area is 63.7 Å². The van der Waals surface area contributed by atoms with Crippen LogP contribution in [0.5, 0.6) is 0 Å². The number of nitrogens with zero attached hydrogens (tertiary/aromatic N) is 2. The number of hydrogen-bond acceptors (Lipinski definition) is 3. The van der Waals surface area contributed by atoms with E-state index < -0.39 is 0 Å². The molecular weight excluding hydrogens is 140 g/mol. The maximum atomic E-state index is 4.81. The summed E-state index contributed by atoms with van der Waals surface area (Å²) < 4.78 is 4.81. The van der Waals surface area contributed by atoms with Crippen molar-refractivity contribution in [3.63, 3.8) is 0 Å². The van der Waals surface area contributed by atoms with Gasteiger partial charge in [-0.05, 0) is 6.07 Å². The first kappa shape index (κ1) is 6.09. The average Bonchev–Trinajstić information content (AvgIpc) is 2.58. The van der Waals surface area contributed by atoms with Gasteiger partial charge in [0.25, 0.3) is 0 Å². The molecule has 0 amide bonds. The van der Waals surface area contributed by atoms with Crippen molar-refractivity contribution < 1.29 is 4.42 Å². The van der Waals surface area contributed by atoms with E-state index in [1.165, 1.54) is 6.39 Å². The lowest BCUT2D eigenvalue weighted by Crippen LogP contribution is -1.79. The summed E-state index contributed by atoms with van der Waals surface area (Å²) in [6.07, 6.45) is 4.54. The molecule has 3 heteroatoms. The summed E-state index contributed by atoms with van der Waals surface area (Å²) >= 11 is 0. The van der Waals surface area contributed by atoms with Gasteiger partial charge in [-0.15, -0.1) is 0 Å². The molecule has 2 aromatic rings. The van der Waals surface area contributed by atoms with Crippen LogP contribution in [-0.2, 0) is 0 Å². The second-order valence-corrected chi connectivity index (χ2v) is 2.02. The Kier molecular flexibility index (Phi) is 1.41. The molecule has 0 saturated heterocycles. The van der Waals surface area contributed by atoms with Crippen molar-refractivity contribution in [3.8, 4) is 11.4 Å². The molecule has 0 spiro atoms. The normalized spacial score (nSPS) is 9.82. The van der Waals surface area contributed by atoms with Crippen LogP contribution in [0.1, 0.15) is 0 Å². The summed E-state index contributed by atoms with van der Waals surface area (Å²) in [7, 11) is 0. The smallest absolute Gasteiger partial charge is 0.181 e. The minimum Gasteiger partial charge on any atom is -0.451 e. The van der Waals surface area contributed by atoms with Gasteiger partial charge in [0.05, 0.1) is 5.69 Å². The number of oxazole rings is 1. The predicted octanol–water partition coefficient (Wildman–Crippen LogP) is 1.54. The quantitative estimate of drug-likeness (QED) is 0.610. The molecule has 2 heterocycles. The monoisotopic (exact) mass is 145 g/mol. The zero-order valence-electron chi connectivity index (χ0n) is 5.69. The number of hydrogen-bond donors (Lipinski definition) is 0. The van der Waals surface area contributed by atoms with Crippen LogP contribution in [-0.4, -0.2) is 9.97 Å². The highest BCUT2D eigenvalue weighted by Crippen LogP contribution is 2.11. The van der Waals surface area contributed by atoms with Crippen molar-refractivity contribution >= 4 is 0 Å². The van der Waals surface area contributed by atoms with E-state index >= 15 is 0 Å². The van der Waals surface area contributed by atoms with Crippen LogP contribution in [0.15, 0.2) is 35.4 Å². The highest BCUT2D eigenvalue weighted by molar-refractivity contribution is 5.50. The molecule has 0 aliphatic rings. The molecule has 3 nitrogen and oxygen atoms in total. The van der Waals surface area contributed by atoms with Gasteiger partial charge in [0.1, 0.15) is 12.0 Å². The molecular formula is C8H5N2O. The largest absolute Gasteiger partial charge is 0.451 e. The van der Waals surface area contributed by atoms with E-state index in [1.54, 1.807) is 18.5 Å². The third-order valence-corrected chi connectivity index (χ3v) is 1.31. The lowest BCUT2D eigenvalue weighted by Gasteiger charge is -1.89. The van der Waals surface area contributed by atoms with Gasteiger partial charge in [-0.1, -0.05) is 6.07 Å². The van der Waals surface area contributed by atoms with Gasteiger partial charge < -0.3 is 4.42 Å². The molecule has 0 aromatic carbocycles. The van der Waals surface area contributed by atoms with Crippen LogP contribution in [0.25, 0.3) is 11.4 Å². The lowest BCUT2D eigenvalue weighted by atomic mass is 10.3. The molecule has 0 bridgehead atoms. The second-order valence-electron chi connectivity index (χ2n) is 2.02. The van der Waals surface area contributed by atoms with Crippen molar-refractivity contribution in [2.75, 3.05) is 0 Å². The van der Waals surface area contributed by atoms with E-state index in [1.807, 2.05) is 6.07 Å². The first-order chi connectivity index (χ1) is 5.47. The van der Waals surface area contributed by atoms with Crippen molar-refractivity contribution in [2.45, 2.75) is 0 Å². The first-order valence-electron chi connectivity index (χ1n) is 3.17. The van der Waals surface area contributed by atoms with Crippen LogP contribution in [0.4, 0.5) is 0 Å². The van der Waals surface area contributed by atoms with Crippen LogP contribution in [0, 0.1) is 6.07 Å². The van der Waals surface area contributed by atoms with Crippen molar-refractivity contribution in [3.05, 3.63) is 37.1 Å². The molecule has 11 heavy (non-hydrogen) atoms. The van der Waals surface area contributed by atoms with E-state index in [-0.39, 0.29) is 0 Å². The fourth-order valence-electron chi connectivity index (χ4n) is 0.810. The van der Waals surface area contributed by atoms with E-state index in [2.05, 4.69) is 16.0 Å². The molecule has 0 atom stereocenters. The standard InChI is InChI=1S/C8H5N2O/c1-2-4-9-7(3-1)8-5-11-6-10-8/h1,3-6H. The highest BCUT2D eigenvalue weighted by atomic mass is 16.3. The maximum absolute atomic E-state index is 4.81. The highest BCUT2D eigenvalue weighted by Gasteiger charge is 1.98. The van der Waals surface area contributed by atoms with Crippen molar-refractivity contribution in [1.29, 1.82) is 0 Å². The lowest BCUT2D eigenvalue weighted by molar-refractivity contribution is 0.558. The van der Waals surface area contributed by atoms with Crippen LogP contribution < -0.4 is 0 Å². The van der Waals surface area contributed by atoms with Crippen molar-refractivity contribution in [1.82, 2.24) is 9.97 Å². The Bertz CT molecular complexity index is 315. The molecule has 0 aliphatic carbocycles. The van der Waals surface area contributed by atoms with Crippen LogP contribution in [0.2, 0.25) is 0 Å². The second kappa shape index (κ2) is 2.54. The SMILES string of the molecule is [c]1ccc(-c2cocn2)nc1. The number of pyridine rings is 1. The van der Waals surface area contributed by atoms with Gasteiger partial charge in [-0.3, -0.25) is 4.98 Å². The minimum absolute atomic E-state index is 0.749. The Balaban J connectivity index is 2.46. The first-order valence-corrected chi connectivity index (χ1v) is 3.17. The van der Waals surface area contributed by atoms with Gasteiger partial charge in [0.15, 0.2) is 6.39 Å². The molecule has 0 aliphatic heterocycles. The molecule has 2 rings (SSSR count). The van der Waals surface area contributed by atoms with Gasteiger partial charge in [-0.2, -0.15) is 0 Å². The Morgan fingerprint density at radius 3 is 2.91 bits per heavy atom. The number of aromatic nitrogens is 2. The Morgan fingerprint density at radius 1 is 1.27 bits per heavy atom. The number of rotatable bonds is 1. The molecule has 0 saturated carbocycles. The average molecular weight is 145 g/mol. The van der Waals surface area contributed by atoms with Crippen LogP contribution >= 0.6 is 0 Å². The minimum atomic E-state index is 0.749. The summed E-state index contributed by atoms with van der Waals surface area (Å²) in [5.74, 6) is 0. The van der Waals surface area contributed by atoms with Crippen LogP contribution in [0.3, 0.4) is 0 Å². The zero-order chi connectivity index (χ0) is 7.52. The summed E-state index contributed by atoms with van der Waals surface area (Å²) in [5.41, 5.74) is 1.55. The summed E-state index contributed by atoms with van der Waals surface area (Å²) in [6.45, 7) is 0. The molecule has 53 valence electrons. The molecule has 0 unspecified atom stereocenters. The predicted molar refractivity (Wildman–Crippen MR) is 38.6 cm³/mol. The van der Waals surface area contributed by atoms with Gasteiger partial charge in [-0.25, -0.2) is 4.98 Å².